The predicted octanol–water partition coefficient (Wildman–Crippen LogP) is 6.41. The molecule has 3 aromatic carbocycles. The number of carbonyl (C=O) groups excluding carboxylic acids is 2. The molecule has 1 N–H and O–H groups in total. The minimum atomic E-state index is -0.339. The van der Waals surface area contributed by atoms with Crippen LogP contribution in [0.2, 0.25) is 0 Å². The fourth-order valence-corrected chi connectivity index (χ4v) is 5.25. The molecule has 0 spiro atoms. The minimum Gasteiger partial charge on any atom is -0.497 e. The predicted molar refractivity (Wildman–Crippen MR) is 153 cm³/mol. The average Bonchev–Trinajstić information content (AvgIpc) is 3.37. The first-order valence-electron chi connectivity index (χ1n) is 11.6. The summed E-state index contributed by atoms with van der Waals surface area (Å²) in [6, 6.07) is 20.7. The molecule has 0 saturated carbocycles. The van der Waals surface area contributed by atoms with Crippen molar-refractivity contribution in [3.8, 4) is 5.75 Å². The molecule has 2 aliphatic rings. The summed E-state index contributed by atoms with van der Waals surface area (Å²) in [5.41, 5.74) is 4.17. The van der Waals surface area contributed by atoms with Gasteiger partial charge in [-0.05, 0) is 77.3 Å². The fraction of sp³-hybridized carbons (Fsp3) is 0.143. The highest BCUT2D eigenvalue weighted by molar-refractivity contribution is 9.10. The summed E-state index contributed by atoms with van der Waals surface area (Å²) in [7, 11) is 1.61. The molecule has 0 atom stereocenters. The molecule has 9 heteroatoms. The Balaban J connectivity index is 1.57. The monoisotopic (exact) mass is 574 g/mol. The van der Waals surface area contributed by atoms with Crippen molar-refractivity contribution in [2.45, 2.75) is 19.8 Å². The minimum absolute atomic E-state index is 0.195. The zero-order chi connectivity index (χ0) is 26.1. The normalized spacial score (nSPS) is 18.3. The van der Waals surface area contributed by atoms with Crippen molar-refractivity contribution in [2.75, 3.05) is 17.3 Å². The van der Waals surface area contributed by atoms with Gasteiger partial charge in [-0.15, -0.1) is 10.2 Å². The van der Waals surface area contributed by atoms with Crippen LogP contribution in [-0.4, -0.2) is 29.8 Å². The average molecular weight is 575 g/mol. The number of ether oxygens (including phenoxy) is 1. The molecular weight excluding hydrogens is 552 g/mol. The second-order valence-electron chi connectivity index (χ2n) is 8.75. The number of thioether (sulfide) groups is 1. The molecule has 0 aromatic heterocycles. The van der Waals surface area contributed by atoms with Gasteiger partial charge in [-0.1, -0.05) is 54.0 Å². The Bertz CT molecular complexity index is 1500. The molecule has 1 saturated heterocycles. The summed E-state index contributed by atoms with van der Waals surface area (Å²) >= 11 is 4.66. The molecule has 2 aliphatic heterocycles. The van der Waals surface area contributed by atoms with Gasteiger partial charge >= 0.3 is 0 Å². The Kier molecular flexibility index (Phi) is 6.99. The van der Waals surface area contributed by atoms with Gasteiger partial charge < -0.3 is 10.1 Å². The third-order valence-electron chi connectivity index (χ3n) is 5.95. The molecule has 0 bridgehead atoms. The molecule has 5 rings (SSSR count). The SMILES string of the molecule is COc1ccc(C=C2SC(=NN=C3C(=O)Nc4ccc(Br)cc43)N(c3cccc(C(C)C)c3)C2=O)cc1. The molecule has 2 amide bonds. The van der Waals surface area contributed by atoms with Gasteiger partial charge in [0, 0.05) is 10.0 Å². The number of halogens is 1. The lowest BCUT2D eigenvalue weighted by Gasteiger charge is -2.17. The topological polar surface area (TPSA) is 83.4 Å². The Labute approximate surface area is 227 Å². The highest BCUT2D eigenvalue weighted by atomic mass is 79.9. The van der Waals surface area contributed by atoms with E-state index in [2.05, 4.69) is 45.3 Å². The zero-order valence-corrected chi connectivity index (χ0v) is 22.8. The maximum absolute atomic E-state index is 13.6. The number of methoxy groups -OCH3 is 1. The lowest BCUT2D eigenvalue weighted by molar-refractivity contribution is -0.113. The van der Waals surface area contributed by atoms with E-state index in [1.54, 1.807) is 18.1 Å². The highest BCUT2D eigenvalue weighted by Gasteiger charge is 2.35. The van der Waals surface area contributed by atoms with Crippen molar-refractivity contribution in [2.24, 2.45) is 10.2 Å². The van der Waals surface area contributed by atoms with E-state index >= 15 is 0 Å². The first-order valence-corrected chi connectivity index (χ1v) is 13.2. The number of amides is 2. The van der Waals surface area contributed by atoms with E-state index in [4.69, 9.17) is 4.74 Å². The second kappa shape index (κ2) is 10.4. The summed E-state index contributed by atoms with van der Waals surface area (Å²) in [6.45, 7) is 4.20. The fourth-order valence-electron chi connectivity index (χ4n) is 3.96. The Morgan fingerprint density at radius 1 is 1.03 bits per heavy atom. The van der Waals surface area contributed by atoms with Crippen LogP contribution in [0.15, 0.2) is 86.3 Å². The number of hydrogen-bond donors (Lipinski definition) is 1. The third-order valence-corrected chi connectivity index (χ3v) is 7.40. The molecule has 0 radical (unpaired) electrons. The van der Waals surface area contributed by atoms with E-state index < -0.39 is 0 Å². The van der Waals surface area contributed by atoms with E-state index in [9.17, 15) is 9.59 Å². The summed E-state index contributed by atoms with van der Waals surface area (Å²) < 4.78 is 6.06. The van der Waals surface area contributed by atoms with Gasteiger partial charge in [0.2, 0.25) is 5.17 Å². The van der Waals surface area contributed by atoms with Gasteiger partial charge in [0.15, 0.2) is 5.71 Å². The van der Waals surface area contributed by atoms with Crippen LogP contribution < -0.4 is 15.0 Å². The van der Waals surface area contributed by atoms with Crippen LogP contribution in [-0.2, 0) is 9.59 Å². The number of nitrogens with one attached hydrogen (secondary N) is 1. The second-order valence-corrected chi connectivity index (χ2v) is 10.7. The van der Waals surface area contributed by atoms with Crippen molar-refractivity contribution < 1.29 is 14.3 Å². The quantitative estimate of drug-likeness (QED) is 0.282. The van der Waals surface area contributed by atoms with Gasteiger partial charge in [0.05, 0.1) is 23.4 Å². The van der Waals surface area contributed by atoms with Crippen LogP contribution in [0.1, 0.15) is 36.5 Å². The standard InChI is InChI=1S/C28H23BrN4O3S/c1-16(2)18-5-4-6-20(14-18)33-27(35)24(13-17-7-10-21(36-3)11-8-17)37-28(33)32-31-25-22-15-19(29)9-12-23(22)30-26(25)34/h4-16H,1-3H3,(H,30,31,34). The Morgan fingerprint density at radius 2 is 1.81 bits per heavy atom. The van der Waals surface area contributed by atoms with E-state index in [1.165, 1.54) is 11.8 Å². The smallest absolute Gasteiger partial charge is 0.276 e. The summed E-state index contributed by atoms with van der Waals surface area (Å²) in [4.78, 5) is 28.3. The molecule has 0 unspecified atom stereocenters. The van der Waals surface area contributed by atoms with Crippen LogP contribution in [0.25, 0.3) is 6.08 Å². The van der Waals surface area contributed by atoms with Crippen molar-refractivity contribution in [1.29, 1.82) is 0 Å². The van der Waals surface area contributed by atoms with Gasteiger partial charge in [-0.3, -0.25) is 14.5 Å². The van der Waals surface area contributed by atoms with Crippen LogP contribution in [0.5, 0.6) is 5.75 Å². The number of benzene rings is 3. The van der Waals surface area contributed by atoms with E-state index in [0.29, 0.717) is 27.0 Å². The van der Waals surface area contributed by atoms with Gasteiger partial charge in [-0.2, -0.15) is 0 Å². The molecule has 3 aromatic rings. The third kappa shape index (κ3) is 5.10. The van der Waals surface area contributed by atoms with Gasteiger partial charge in [0.25, 0.3) is 11.8 Å². The molecule has 37 heavy (non-hydrogen) atoms. The number of anilines is 2. The van der Waals surface area contributed by atoms with Crippen LogP contribution in [0.3, 0.4) is 0 Å². The largest absolute Gasteiger partial charge is 0.497 e. The van der Waals surface area contributed by atoms with Gasteiger partial charge in [0.1, 0.15) is 5.75 Å². The zero-order valence-electron chi connectivity index (χ0n) is 20.4. The molecule has 2 heterocycles. The Morgan fingerprint density at radius 3 is 2.54 bits per heavy atom. The lowest BCUT2D eigenvalue weighted by Crippen LogP contribution is -2.29. The first-order chi connectivity index (χ1) is 17.8. The first kappa shape index (κ1) is 25.0. The molecule has 186 valence electrons. The van der Waals surface area contributed by atoms with Crippen molar-refractivity contribution in [1.82, 2.24) is 0 Å². The van der Waals surface area contributed by atoms with Gasteiger partial charge in [-0.25, -0.2) is 0 Å². The molecule has 7 nitrogen and oxygen atoms in total. The number of amidine groups is 1. The number of fused-ring (bicyclic) bond motifs is 1. The maximum atomic E-state index is 13.6. The Hall–Kier alpha value is -3.69. The number of hydrogen-bond acceptors (Lipinski definition) is 6. The molecular formula is C28H23BrN4O3S. The van der Waals surface area contributed by atoms with E-state index in [-0.39, 0.29) is 23.4 Å². The summed E-state index contributed by atoms with van der Waals surface area (Å²) in [6.07, 6.45) is 1.82. The van der Waals surface area contributed by atoms with Crippen LogP contribution >= 0.6 is 27.7 Å². The number of rotatable bonds is 5. The molecule has 1 fully saturated rings. The summed E-state index contributed by atoms with van der Waals surface area (Å²) in [5.74, 6) is 0.478. The maximum Gasteiger partial charge on any atom is 0.276 e. The lowest BCUT2D eigenvalue weighted by atomic mass is 10.0. The van der Waals surface area contributed by atoms with Crippen LogP contribution in [0, 0.1) is 0 Å². The number of carbonyl (C=O) groups is 2. The van der Waals surface area contributed by atoms with Crippen molar-refractivity contribution in [3.05, 3.63) is 92.8 Å². The number of nitrogens with zero attached hydrogens (tertiary/aromatic N) is 3. The highest BCUT2D eigenvalue weighted by Crippen LogP contribution is 2.37. The van der Waals surface area contributed by atoms with E-state index in [1.807, 2.05) is 66.7 Å². The van der Waals surface area contributed by atoms with Crippen molar-refractivity contribution in [3.63, 3.8) is 0 Å². The molecule has 0 aliphatic carbocycles. The van der Waals surface area contributed by atoms with Crippen molar-refractivity contribution >= 4 is 67.8 Å². The van der Waals surface area contributed by atoms with E-state index in [0.717, 1.165) is 21.3 Å². The summed E-state index contributed by atoms with van der Waals surface area (Å²) in [5, 5.41) is 11.9. The van der Waals surface area contributed by atoms with Crippen LogP contribution in [0.4, 0.5) is 11.4 Å².